The van der Waals surface area contributed by atoms with Gasteiger partial charge in [-0.25, -0.2) is 0 Å². The van der Waals surface area contributed by atoms with E-state index in [4.69, 9.17) is 0 Å². The van der Waals surface area contributed by atoms with Crippen LogP contribution in [-0.4, -0.2) is 23.8 Å². The summed E-state index contributed by atoms with van der Waals surface area (Å²) in [4.78, 5) is 14.6. The highest BCUT2D eigenvalue weighted by molar-refractivity contribution is 8.00. The molecule has 1 heterocycles. The molecule has 0 unspecified atom stereocenters. The van der Waals surface area contributed by atoms with E-state index >= 15 is 0 Å². The van der Waals surface area contributed by atoms with Gasteiger partial charge in [0.1, 0.15) is 0 Å². The molecule has 3 rings (SSSR count). The lowest BCUT2D eigenvalue weighted by Gasteiger charge is -2.24. The fourth-order valence-corrected chi connectivity index (χ4v) is 4.86. The summed E-state index contributed by atoms with van der Waals surface area (Å²) >= 11 is 1.85. The average molecular weight is 315 g/mol. The molecule has 22 heavy (non-hydrogen) atoms. The van der Waals surface area contributed by atoms with Gasteiger partial charge in [-0.1, -0.05) is 44.9 Å². The van der Waals surface area contributed by atoms with Crippen molar-refractivity contribution in [2.75, 3.05) is 17.7 Å². The highest BCUT2D eigenvalue weighted by atomic mass is 32.2. The molecule has 0 saturated heterocycles. The lowest BCUT2D eigenvalue weighted by Crippen LogP contribution is -2.24. The highest BCUT2D eigenvalue weighted by Gasteiger charge is 2.38. The van der Waals surface area contributed by atoms with Crippen LogP contribution in [0.2, 0.25) is 0 Å². The van der Waals surface area contributed by atoms with Gasteiger partial charge in [0.15, 0.2) is 5.78 Å². The summed E-state index contributed by atoms with van der Waals surface area (Å²) in [6, 6.07) is 8.45. The first kappa shape index (κ1) is 15.7. The Morgan fingerprint density at radius 2 is 2.00 bits per heavy atom. The molecule has 0 N–H and O–H groups in total. The molecule has 2 aliphatic rings. The normalized spacial score (nSPS) is 22.3. The van der Waals surface area contributed by atoms with Crippen molar-refractivity contribution in [3.05, 3.63) is 41.6 Å². The van der Waals surface area contributed by atoms with Gasteiger partial charge in [-0.3, -0.25) is 4.79 Å². The second kappa shape index (κ2) is 6.11. The third-order valence-corrected chi connectivity index (χ3v) is 6.40. The Bertz CT molecular complexity index is 599. The predicted octanol–water partition coefficient (Wildman–Crippen LogP) is 4.54. The van der Waals surface area contributed by atoms with Gasteiger partial charge in [-0.05, 0) is 24.5 Å². The summed E-state index contributed by atoms with van der Waals surface area (Å²) in [5, 5.41) is 0.703. The molecule has 1 aliphatic heterocycles. The van der Waals surface area contributed by atoms with Crippen LogP contribution in [0.3, 0.4) is 0 Å². The van der Waals surface area contributed by atoms with Crippen LogP contribution < -0.4 is 4.90 Å². The summed E-state index contributed by atoms with van der Waals surface area (Å²) in [7, 11) is 2.07. The Morgan fingerprint density at radius 3 is 2.68 bits per heavy atom. The maximum absolute atomic E-state index is 12.4. The van der Waals surface area contributed by atoms with Gasteiger partial charge >= 0.3 is 0 Å². The van der Waals surface area contributed by atoms with E-state index in [1.165, 1.54) is 36.9 Å². The van der Waals surface area contributed by atoms with Gasteiger partial charge in [0.2, 0.25) is 0 Å². The van der Waals surface area contributed by atoms with Crippen LogP contribution in [0.5, 0.6) is 0 Å². The number of benzene rings is 1. The molecule has 0 amide bonds. The van der Waals surface area contributed by atoms with Crippen LogP contribution in [0.15, 0.2) is 36.0 Å². The number of ketones is 1. The van der Waals surface area contributed by atoms with Gasteiger partial charge < -0.3 is 4.90 Å². The van der Waals surface area contributed by atoms with Crippen LogP contribution in [0.1, 0.15) is 45.1 Å². The molecular weight excluding hydrogens is 290 g/mol. The second-order valence-corrected chi connectivity index (χ2v) is 8.20. The first-order valence-electron chi connectivity index (χ1n) is 8.20. The smallest absolute Gasteiger partial charge is 0.167 e. The minimum Gasteiger partial charge on any atom is -0.347 e. The van der Waals surface area contributed by atoms with Gasteiger partial charge in [-0.2, -0.15) is 11.8 Å². The lowest BCUT2D eigenvalue weighted by atomic mass is 9.83. The lowest BCUT2D eigenvalue weighted by molar-refractivity contribution is -0.112. The first-order chi connectivity index (χ1) is 10.5. The molecule has 2 nitrogen and oxygen atoms in total. The Labute approximate surface area is 138 Å². The summed E-state index contributed by atoms with van der Waals surface area (Å²) < 4.78 is 0. The number of likely N-dealkylation sites (N-methyl/N-ethyl adjacent to an activating group) is 1. The number of rotatable bonds is 4. The zero-order valence-corrected chi connectivity index (χ0v) is 14.6. The monoisotopic (exact) mass is 315 g/mol. The topological polar surface area (TPSA) is 20.3 Å². The van der Waals surface area contributed by atoms with Crippen molar-refractivity contribution in [1.29, 1.82) is 0 Å². The van der Waals surface area contributed by atoms with E-state index in [0.29, 0.717) is 11.0 Å². The van der Waals surface area contributed by atoms with Crippen molar-refractivity contribution in [3.8, 4) is 0 Å². The number of carbonyl (C=O) groups is 1. The van der Waals surface area contributed by atoms with Crippen LogP contribution in [-0.2, 0) is 10.2 Å². The molecule has 0 aromatic heterocycles. The number of hydrogen-bond acceptors (Lipinski definition) is 3. The maximum atomic E-state index is 12.4. The quantitative estimate of drug-likeness (QED) is 0.761. The Morgan fingerprint density at radius 1 is 1.32 bits per heavy atom. The second-order valence-electron chi connectivity index (χ2n) is 6.91. The fourth-order valence-electron chi connectivity index (χ4n) is 3.71. The molecule has 1 aromatic carbocycles. The van der Waals surface area contributed by atoms with E-state index in [2.05, 4.69) is 50.1 Å². The molecule has 118 valence electrons. The molecule has 0 bridgehead atoms. The Kier molecular flexibility index (Phi) is 4.35. The molecule has 1 fully saturated rings. The summed E-state index contributed by atoms with van der Waals surface area (Å²) in [5.74, 6) is 0.869. The van der Waals surface area contributed by atoms with Crippen LogP contribution in [0.25, 0.3) is 0 Å². The van der Waals surface area contributed by atoms with Gasteiger partial charge in [-0.15, -0.1) is 0 Å². The number of hydrogen-bond donors (Lipinski definition) is 0. The molecule has 3 heteroatoms. The van der Waals surface area contributed by atoms with E-state index in [1.807, 2.05) is 17.8 Å². The van der Waals surface area contributed by atoms with Crippen molar-refractivity contribution in [3.63, 3.8) is 0 Å². The van der Waals surface area contributed by atoms with E-state index in [0.717, 1.165) is 5.70 Å². The number of para-hydroxylation sites is 1. The van der Waals surface area contributed by atoms with Gasteiger partial charge in [0.25, 0.3) is 0 Å². The zero-order valence-electron chi connectivity index (χ0n) is 13.8. The number of fused-ring (bicyclic) bond motifs is 1. The number of allylic oxidation sites excluding steroid dienone is 2. The third-order valence-electron chi connectivity index (χ3n) is 5.00. The molecule has 0 radical (unpaired) electrons. The number of anilines is 1. The largest absolute Gasteiger partial charge is 0.347 e. The average Bonchev–Trinajstić information content (AvgIpc) is 3.08. The van der Waals surface area contributed by atoms with Crippen molar-refractivity contribution in [2.45, 2.75) is 50.2 Å². The number of thioether (sulfide) groups is 1. The SMILES string of the molecule is CN1/C(=C\C(=O)CSC2CCCC2)C(C)(C)c2ccccc21. The molecule has 1 aromatic rings. The van der Waals surface area contributed by atoms with Crippen molar-refractivity contribution in [2.24, 2.45) is 0 Å². The molecule has 0 atom stereocenters. The van der Waals surface area contributed by atoms with Crippen LogP contribution in [0, 0.1) is 0 Å². The van der Waals surface area contributed by atoms with E-state index in [9.17, 15) is 4.79 Å². The molecule has 1 saturated carbocycles. The third kappa shape index (κ3) is 2.83. The van der Waals surface area contributed by atoms with Crippen molar-refractivity contribution < 1.29 is 4.79 Å². The number of nitrogens with zero attached hydrogens (tertiary/aromatic N) is 1. The summed E-state index contributed by atoms with van der Waals surface area (Å²) in [6.45, 7) is 4.41. The fraction of sp³-hybridized carbons (Fsp3) is 0.526. The van der Waals surface area contributed by atoms with Crippen molar-refractivity contribution in [1.82, 2.24) is 0 Å². The van der Waals surface area contributed by atoms with Crippen molar-refractivity contribution >= 4 is 23.2 Å². The van der Waals surface area contributed by atoms with E-state index in [-0.39, 0.29) is 11.2 Å². The zero-order chi connectivity index (χ0) is 15.7. The van der Waals surface area contributed by atoms with E-state index < -0.39 is 0 Å². The molecule has 1 aliphatic carbocycles. The first-order valence-corrected chi connectivity index (χ1v) is 9.25. The minimum absolute atomic E-state index is 0.0982. The van der Waals surface area contributed by atoms with Gasteiger partial charge in [0, 0.05) is 35.2 Å². The number of carbonyl (C=O) groups excluding carboxylic acids is 1. The summed E-state index contributed by atoms with van der Waals surface area (Å²) in [5.41, 5.74) is 3.54. The molecular formula is C19H25NOS. The standard InChI is InChI=1S/C19H25NOS/c1-19(2)16-10-6-7-11-17(16)20(3)18(19)12-14(21)13-22-15-8-4-5-9-15/h6-7,10-12,15H,4-5,8-9,13H2,1-3H3/b18-12-. The van der Waals surface area contributed by atoms with E-state index in [1.54, 1.807) is 0 Å². The van der Waals surface area contributed by atoms with Crippen LogP contribution >= 0.6 is 11.8 Å². The Hall–Kier alpha value is -1.22. The summed E-state index contributed by atoms with van der Waals surface area (Å²) in [6.07, 6.45) is 7.11. The van der Waals surface area contributed by atoms with Crippen LogP contribution in [0.4, 0.5) is 5.69 Å². The highest BCUT2D eigenvalue weighted by Crippen LogP contribution is 2.46. The van der Waals surface area contributed by atoms with Gasteiger partial charge in [0.05, 0.1) is 5.75 Å². The maximum Gasteiger partial charge on any atom is 0.167 e. The Balaban J connectivity index is 1.75. The molecule has 0 spiro atoms. The minimum atomic E-state index is -0.0982. The predicted molar refractivity (Wildman–Crippen MR) is 95.7 cm³/mol.